The number of hydrogen-bond donors (Lipinski definition) is 2. The van der Waals surface area contributed by atoms with Gasteiger partial charge in [0.1, 0.15) is 12.4 Å². The molecule has 5 nitrogen and oxygen atoms in total. The van der Waals surface area contributed by atoms with Gasteiger partial charge in [-0.3, -0.25) is 4.99 Å². The summed E-state index contributed by atoms with van der Waals surface area (Å²) in [6, 6.07) is 16.2. The zero-order chi connectivity index (χ0) is 18.6. The van der Waals surface area contributed by atoms with Crippen LogP contribution in [0.4, 0.5) is 0 Å². The number of guanidine groups is 1. The molecule has 0 bridgehead atoms. The summed E-state index contributed by atoms with van der Waals surface area (Å²) in [5, 5.41) is 6.67. The Kier molecular flexibility index (Phi) is 11.2. The van der Waals surface area contributed by atoms with E-state index in [1.807, 2.05) is 36.4 Å². The molecule has 0 radical (unpaired) electrons. The van der Waals surface area contributed by atoms with Crippen molar-refractivity contribution in [3.63, 3.8) is 0 Å². The molecule has 0 saturated heterocycles. The normalized spacial score (nSPS) is 10.7. The third-order valence-electron chi connectivity index (χ3n) is 3.86. The van der Waals surface area contributed by atoms with Crippen LogP contribution < -0.4 is 15.4 Å². The summed E-state index contributed by atoms with van der Waals surface area (Å²) in [5.41, 5.74) is 3.42. The van der Waals surface area contributed by atoms with Crippen molar-refractivity contribution in [2.75, 3.05) is 20.8 Å². The van der Waals surface area contributed by atoms with Gasteiger partial charge in [-0.15, -0.1) is 24.0 Å². The number of halogens is 1. The third-order valence-corrected chi connectivity index (χ3v) is 3.86. The average Bonchev–Trinajstić information content (AvgIpc) is 2.68. The van der Waals surface area contributed by atoms with E-state index in [0.29, 0.717) is 26.3 Å². The highest BCUT2D eigenvalue weighted by molar-refractivity contribution is 14.0. The van der Waals surface area contributed by atoms with Crippen molar-refractivity contribution in [2.24, 2.45) is 4.99 Å². The predicted molar refractivity (Wildman–Crippen MR) is 122 cm³/mol. The second-order valence-electron chi connectivity index (χ2n) is 5.69. The molecule has 2 rings (SSSR count). The fraction of sp³-hybridized carbons (Fsp3) is 0.286. The van der Waals surface area contributed by atoms with Crippen LogP contribution in [0.15, 0.2) is 66.2 Å². The van der Waals surface area contributed by atoms with Crippen molar-refractivity contribution in [3.05, 3.63) is 77.9 Å². The Hall–Kier alpha value is -2.06. The van der Waals surface area contributed by atoms with Crippen molar-refractivity contribution in [3.8, 4) is 5.75 Å². The predicted octanol–water partition coefficient (Wildman–Crippen LogP) is 3.88. The molecular formula is C21H28IN3O2. The molecular weight excluding hydrogens is 453 g/mol. The van der Waals surface area contributed by atoms with E-state index in [-0.39, 0.29) is 24.0 Å². The minimum absolute atomic E-state index is 0. The van der Waals surface area contributed by atoms with E-state index < -0.39 is 0 Å². The van der Waals surface area contributed by atoms with E-state index in [2.05, 4.69) is 34.3 Å². The summed E-state index contributed by atoms with van der Waals surface area (Å²) in [7, 11) is 3.47. The largest absolute Gasteiger partial charge is 0.489 e. The molecule has 2 aromatic rings. The Morgan fingerprint density at radius 3 is 2.22 bits per heavy atom. The highest BCUT2D eigenvalue weighted by Crippen LogP contribution is 2.17. The number of methoxy groups -OCH3 is 1. The minimum Gasteiger partial charge on any atom is -0.489 e. The first-order chi connectivity index (χ1) is 12.8. The van der Waals surface area contributed by atoms with Crippen molar-refractivity contribution < 1.29 is 9.47 Å². The maximum Gasteiger partial charge on any atom is 0.191 e. The molecule has 2 aromatic carbocycles. The number of ether oxygens (including phenoxy) is 2. The Labute approximate surface area is 178 Å². The fourth-order valence-electron chi connectivity index (χ4n) is 2.54. The first kappa shape index (κ1) is 23.0. The van der Waals surface area contributed by atoms with Gasteiger partial charge < -0.3 is 20.1 Å². The van der Waals surface area contributed by atoms with E-state index in [1.54, 1.807) is 20.2 Å². The van der Waals surface area contributed by atoms with Gasteiger partial charge in [0.2, 0.25) is 0 Å². The summed E-state index contributed by atoms with van der Waals surface area (Å²) < 4.78 is 10.9. The first-order valence-corrected chi connectivity index (χ1v) is 8.60. The summed E-state index contributed by atoms with van der Waals surface area (Å²) in [5.74, 6) is 1.58. The average molecular weight is 481 g/mol. The SMILES string of the molecule is C=CCOc1ccccc1CNC(=NC)NCc1ccccc1COC.I. The van der Waals surface area contributed by atoms with E-state index in [1.165, 1.54) is 11.1 Å². The number of aliphatic imine (C=N–C) groups is 1. The number of hydrogen-bond acceptors (Lipinski definition) is 3. The van der Waals surface area contributed by atoms with E-state index in [9.17, 15) is 0 Å². The lowest BCUT2D eigenvalue weighted by Gasteiger charge is -2.15. The van der Waals surface area contributed by atoms with Gasteiger partial charge in [-0.1, -0.05) is 55.1 Å². The molecule has 0 aliphatic rings. The fourth-order valence-corrected chi connectivity index (χ4v) is 2.54. The van der Waals surface area contributed by atoms with Crippen LogP contribution in [0.2, 0.25) is 0 Å². The molecule has 6 heteroatoms. The monoisotopic (exact) mass is 481 g/mol. The van der Waals surface area contributed by atoms with Crippen LogP contribution in [0.1, 0.15) is 16.7 Å². The summed E-state index contributed by atoms with van der Waals surface area (Å²) in [6.07, 6.45) is 1.74. The van der Waals surface area contributed by atoms with Crippen LogP contribution in [0.3, 0.4) is 0 Å². The van der Waals surface area contributed by atoms with E-state index in [4.69, 9.17) is 9.47 Å². The molecule has 0 aromatic heterocycles. The number of para-hydroxylation sites is 1. The van der Waals surface area contributed by atoms with Gasteiger partial charge >= 0.3 is 0 Å². The van der Waals surface area contributed by atoms with E-state index >= 15 is 0 Å². The van der Waals surface area contributed by atoms with Gasteiger partial charge in [-0.25, -0.2) is 0 Å². The van der Waals surface area contributed by atoms with Gasteiger partial charge in [0.15, 0.2) is 5.96 Å². The summed E-state index contributed by atoms with van der Waals surface area (Å²) >= 11 is 0. The lowest BCUT2D eigenvalue weighted by atomic mass is 10.1. The quantitative estimate of drug-likeness (QED) is 0.247. The third kappa shape index (κ3) is 7.60. The van der Waals surface area contributed by atoms with Crippen molar-refractivity contribution >= 4 is 29.9 Å². The molecule has 0 spiro atoms. The first-order valence-electron chi connectivity index (χ1n) is 8.60. The lowest BCUT2D eigenvalue weighted by molar-refractivity contribution is 0.184. The molecule has 0 aliphatic heterocycles. The van der Waals surface area contributed by atoms with Gasteiger partial charge in [-0.05, 0) is 17.2 Å². The number of rotatable bonds is 9. The van der Waals surface area contributed by atoms with Crippen LogP contribution in [0.25, 0.3) is 0 Å². The topological polar surface area (TPSA) is 54.9 Å². The zero-order valence-electron chi connectivity index (χ0n) is 15.9. The molecule has 0 atom stereocenters. The highest BCUT2D eigenvalue weighted by Gasteiger charge is 2.06. The van der Waals surface area contributed by atoms with Crippen LogP contribution in [-0.4, -0.2) is 26.7 Å². The minimum atomic E-state index is 0. The van der Waals surface area contributed by atoms with Crippen LogP contribution >= 0.6 is 24.0 Å². The Bertz CT molecular complexity index is 735. The summed E-state index contributed by atoms with van der Waals surface area (Å²) in [6.45, 7) is 6.06. The molecule has 0 heterocycles. The van der Waals surface area contributed by atoms with Crippen LogP contribution in [0, 0.1) is 0 Å². The zero-order valence-corrected chi connectivity index (χ0v) is 18.2. The van der Waals surface area contributed by atoms with Gasteiger partial charge in [-0.2, -0.15) is 0 Å². The number of nitrogens with one attached hydrogen (secondary N) is 2. The molecule has 0 aliphatic carbocycles. The standard InChI is InChI=1S/C21H27N3O2.HI/c1-4-13-26-20-12-8-7-10-18(20)15-24-21(22-2)23-14-17-9-5-6-11-19(17)16-25-3;/h4-12H,1,13-16H2,2-3H3,(H2,22,23,24);1H. The van der Waals surface area contributed by atoms with Gasteiger partial charge in [0.25, 0.3) is 0 Å². The van der Waals surface area contributed by atoms with Crippen molar-refractivity contribution in [1.29, 1.82) is 0 Å². The maximum atomic E-state index is 5.69. The van der Waals surface area contributed by atoms with Crippen LogP contribution in [0.5, 0.6) is 5.75 Å². The second-order valence-corrected chi connectivity index (χ2v) is 5.69. The maximum absolute atomic E-state index is 5.69. The van der Waals surface area contributed by atoms with Crippen molar-refractivity contribution in [2.45, 2.75) is 19.7 Å². The van der Waals surface area contributed by atoms with E-state index in [0.717, 1.165) is 17.3 Å². The molecule has 0 saturated carbocycles. The van der Waals surface area contributed by atoms with Crippen LogP contribution in [-0.2, 0) is 24.4 Å². The number of nitrogens with zero attached hydrogens (tertiary/aromatic N) is 1. The molecule has 146 valence electrons. The Morgan fingerprint density at radius 1 is 1.00 bits per heavy atom. The lowest BCUT2D eigenvalue weighted by Crippen LogP contribution is -2.36. The van der Waals surface area contributed by atoms with Gasteiger partial charge in [0, 0.05) is 32.8 Å². The summed E-state index contributed by atoms with van der Waals surface area (Å²) in [4.78, 5) is 4.29. The van der Waals surface area contributed by atoms with Crippen molar-refractivity contribution in [1.82, 2.24) is 10.6 Å². The number of benzene rings is 2. The molecule has 27 heavy (non-hydrogen) atoms. The Balaban J connectivity index is 0.00000364. The highest BCUT2D eigenvalue weighted by atomic mass is 127. The molecule has 2 N–H and O–H groups in total. The smallest absolute Gasteiger partial charge is 0.191 e. The molecule has 0 fully saturated rings. The molecule has 0 amide bonds. The van der Waals surface area contributed by atoms with Gasteiger partial charge in [0.05, 0.1) is 6.61 Å². The second kappa shape index (κ2) is 13.2. The Morgan fingerprint density at radius 2 is 1.59 bits per heavy atom. The molecule has 0 unspecified atom stereocenters.